The molecule has 3 heteroatoms. The minimum absolute atomic E-state index is 0.932. The van der Waals surface area contributed by atoms with Gasteiger partial charge in [-0.3, -0.25) is 0 Å². The Morgan fingerprint density at radius 1 is 1.27 bits per heavy atom. The van der Waals surface area contributed by atoms with Crippen LogP contribution < -0.4 is 5.32 Å². The summed E-state index contributed by atoms with van der Waals surface area (Å²) in [5.41, 5.74) is 3.93. The van der Waals surface area contributed by atoms with Crippen molar-refractivity contribution in [2.45, 2.75) is 25.7 Å². The van der Waals surface area contributed by atoms with Crippen molar-refractivity contribution in [3.05, 3.63) is 23.4 Å². The summed E-state index contributed by atoms with van der Waals surface area (Å²) < 4.78 is 0. The highest BCUT2D eigenvalue weighted by Crippen LogP contribution is 2.28. The molecular formula is C12H15N3. The number of hydrogen-bond donors (Lipinski definition) is 2. The van der Waals surface area contributed by atoms with E-state index in [1.54, 1.807) is 0 Å². The summed E-state index contributed by atoms with van der Waals surface area (Å²) in [5, 5.41) is 4.38. The van der Waals surface area contributed by atoms with Crippen LogP contribution in [0.15, 0.2) is 12.1 Å². The quantitative estimate of drug-likeness (QED) is 0.744. The van der Waals surface area contributed by atoms with E-state index in [0.717, 1.165) is 11.5 Å². The number of H-pyrrole nitrogens is 1. The molecule has 1 aliphatic carbocycles. The van der Waals surface area contributed by atoms with Gasteiger partial charge in [0.05, 0.1) is 0 Å². The van der Waals surface area contributed by atoms with E-state index in [4.69, 9.17) is 0 Å². The zero-order chi connectivity index (χ0) is 10.3. The zero-order valence-electron chi connectivity index (χ0n) is 8.93. The first kappa shape index (κ1) is 8.77. The van der Waals surface area contributed by atoms with Gasteiger partial charge in [-0.05, 0) is 43.4 Å². The lowest BCUT2D eigenvalue weighted by Crippen LogP contribution is -1.99. The molecule has 2 N–H and O–H groups in total. The third-order valence-corrected chi connectivity index (χ3v) is 3.21. The van der Waals surface area contributed by atoms with Gasteiger partial charge in [0.15, 0.2) is 0 Å². The summed E-state index contributed by atoms with van der Waals surface area (Å²) >= 11 is 0. The normalized spacial score (nSPS) is 15.3. The lowest BCUT2D eigenvalue weighted by Gasteiger charge is -2.09. The fraction of sp³-hybridized carbons (Fsp3) is 0.417. The molecule has 0 aromatic carbocycles. The van der Waals surface area contributed by atoms with E-state index in [0.29, 0.717) is 0 Å². The third-order valence-electron chi connectivity index (χ3n) is 3.21. The molecule has 0 radical (unpaired) electrons. The molecule has 1 aliphatic rings. The number of anilines is 1. The predicted molar refractivity (Wildman–Crippen MR) is 62.3 cm³/mol. The maximum Gasteiger partial charge on any atom is 0.140 e. The highest BCUT2D eigenvalue weighted by Gasteiger charge is 2.15. The zero-order valence-corrected chi connectivity index (χ0v) is 8.93. The Labute approximate surface area is 88.9 Å². The first-order valence-electron chi connectivity index (χ1n) is 5.57. The second-order valence-corrected chi connectivity index (χ2v) is 4.13. The van der Waals surface area contributed by atoms with E-state index in [9.17, 15) is 0 Å². The number of fused-ring (bicyclic) bond motifs is 3. The third kappa shape index (κ3) is 1.30. The number of nitrogens with one attached hydrogen (secondary N) is 2. The lowest BCUT2D eigenvalue weighted by atomic mass is 9.96. The largest absolute Gasteiger partial charge is 0.373 e. The molecule has 0 fully saturated rings. The van der Waals surface area contributed by atoms with Gasteiger partial charge < -0.3 is 10.3 Å². The lowest BCUT2D eigenvalue weighted by molar-refractivity contribution is 0.680. The Hall–Kier alpha value is -1.51. The monoisotopic (exact) mass is 201 g/mol. The number of nitrogens with zero attached hydrogens (tertiary/aromatic N) is 1. The summed E-state index contributed by atoms with van der Waals surface area (Å²) in [5.74, 6) is 0.932. The molecule has 15 heavy (non-hydrogen) atoms. The second kappa shape index (κ2) is 3.26. The smallest absolute Gasteiger partial charge is 0.140 e. The molecule has 0 aliphatic heterocycles. The molecule has 3 nitrogen and oxygen atoms in total. The van der Waals surface area contributed by atoms with Gasteiger partial charge >= 0.3 is 0 Å². The Balaban J connectivity index is 2.22. The SMILES string of the molecule is CNc1ccc2c3c([nH]c2n1)CCCC3. The highest BCUT2D eigenvalue weighted by atomic mass is 15.0. The molecule has 0 saturated carbocycles. The molecule has 2 heterocycles. The minimum Gasteiger partial charge on any atom is -0.373 e. The summed E-state index contributed by atoms with van der Waals surface area (Å²) in [6.45, 7) is 0. The molecule has 3 rings (SSSR count). The van der Waals surface area contributed by atoms with Crippen LogP contribution in [0.1, 0.15) is 24.1 Å². The number of aromatic nitrogens is 2. The van der Waals surface area contributed by atoms with Gasteiger partial charge in [0, 0.05) is 18.1 Å². The van der Waals surface area contributed by atoms with Gasteiger partial charge in [-0.25, -0.2) is 4.98 Å². The van der Waals surface area contributed by atoms with Crippen LogP contribution in [-0.2, 0) is 12.8 Å². The molecule has 78 valence electrons. The van der Waals surface area contributed by atoms with E-state index in [1.807, 2.05) is 13.1 Å². The fourth-order valence-corrected chi connectivity index (χ4v) is 2.42. The standard InChI is InChI=1S/C12H15N3/c1-13-11-7-6-9-8-4-2-3-5-10(8)14-12(9)15-11/h6-7H,2-5H2,1H3,(H2,13,14,15). The van der Waals surface area contributed by atoms with Gasteiger partial charge in [-0.15, -0.1) is 0 Å². The predicted octanol–water partition coefficient (Wildman–Crippen LogP) is 2.48. The minimum atomic E-state index is 0.932. The van der Waals surface area contributed by atoms with E-state index < -0.39 is 0 Å². The average Bonchev–Trinajstić information content (AvgIpc) is 2.66. The summed E-state index contributed by atoms with van der Waals surface area (Å²) in [7, 11) is 1.90. The summed E-state index contributed by atoms with van der Waals surface area (Å²) in [6, 6.07) is 4.22. The molecule has 0 atom stereocenters. The van der Waals surface area contributed by atoms with Crippen LogP contribution in [0.4, 0.5) is 5.82 Å². The van der Waals surface area contributed by atoms with E-state index in [1.165, 1.54) is 42.3 Å². The number of pyridine rings is 1. The Bertz CT molecular complexity index is 499. The van der Waals surface area contributed by atoms with Crippen molar-refractivity contribution in [2.24, 2.45) is 0 Å². The molecule has 0 bridgehead atoms. The second-order valence-electron chi connectivity index (χ2n) is 4.13. The van der Waals surface area contributed by atoms with E-state index >= 15 is 0 Å². The molecule has 2 aromatic rings. The number of aryl methyl sites for hydroxylation is 2. The van der Waals surface area contributed by atoms with Gasteiger partial charge in [-0.2, -0.15) is 0 Å². The van der Waals surface area contributed by atoms with Gasteiger partial charge in [-0.1, -0.05) is 0 Å². The van der Waals surface area contributed by atoms with Crippen LogP contribution in [0.3, 0.4) is 0 Å². The molecule has 2 aromatic heterocycles. The van der Waals surface area contributed by atoms with Crippen LogP contribution in [0.2, 0.25) is 0 Å². The highest BCUT2D eigenvalue weighted by molar-refractivity contribution is 5.83. The van der Waals surface area contributed by atoms with Crippen LogP contribution in [0.25, 0.3) is 11.0 Å². The van der Waals surface area contributed by atoms with Crippen LogP contribution in [0, 0.1) is 0 Å². The van der Waals surface area contributed by atoms with E-state index in [2.05, 4.69) is 21.4 Å². The summed E-state index contributed by atoms with van der Waals surface area (Å²) in [4.78, 5) is 7.97. The van der Waals surface area contributed by atoms with Crippen LogP contribution in [-0.4, -0.2) is 17.0 Å². The number of rotatable bonds is 1. The van der Waals surface area contributed by atoms with Crippen molar-refractivity contribution in [1.29, 1.82) is 0 Å². The summed E-state index contributed by atoms with van der Waals surface area (Å²) in [6.07, 6.45) is 5.00. The Morgan fingerprint density at radius 2 is 2.13 bits per heavy atom. The molecule has 0 amide bonds. The maximum atomic E-state index is 4.53. The molecule has 0 spiro atoms. The van der Waals surface area contributed by atoms with Crippen molar-refractivity contribution in [3.63, 3.8) is 0 Å². The van der Waals surface area contributed by atoms with Crippen LogP contribution >= 0.6 is 0 Å². The molecule has 0 unspecified atom stereocenters. The first-order chi connectivity index (χ1) is 7.38. The van der Waals surface area contributed by atoms with Crippen molar-refractivity contribution in [1.82, 2.24) is 9.97 Å². The molecule has 0 saturated heterocycles. The van der Waals surface area contributed by atoms with Crippen LogP contribution in [0.5, 0.6) is 0 Å². The van der Waals surface area contributed by atoms with Gasteiger partial charge in [0.2, 0.25) is 0 Å². The Morgan fingerprint density at radius 3 is 3.00 bits per heavy atom. The van der Waals surface area contributed by atoms with Crippen molar-refractivity contribution >= 4 is 16.9 Å². The van der Waals surface area contributed by atoms with Gasteiger partial charge in [0.1, 0.15) is 11.5 Å². The van der Waals surface area contributed by atoms with Crippen molar-refractivity contribution < 1.29 is 0 Å². The number of hydrogen-bond acceptors (Lipinski definition) is 2. The van der Waals surface area contributed by atoms with Gasteiger partial charge in [0.25, 0.3) is 0 Å². The van der Waals surface area contributed by atoms with Crippen molar-refractivity contribution in [3.8, 4) is 0 Å². The topological polar surface area (TPSA) is 40.7 Å². The van der Waals surface area contributed by atoms with Crippen molar-refractivity contribution in [2.75, 3.05) is 12.4 Å². The number of aromatic amines is 1. The maximum absolute atomic E-state index is 4.53. The van der Waals surface area contributed by atoms with E-state index in [-0.39, 0.29) is 0 Å². The Kier molecular flexibility index (Phi) is 1.91. The average molecular weight is 201 g/mol. The fourth-order valence-electron chi connectivity index (χ4n) is 2.42. The first-order valence-corrected chi connectivity index (χ1v) is 5.57. The molecular weight excluding hydrogens is 186 g/mol.